The predicted octanol–water partition coefficient (Wildman–Crippen LogP) is 3.84. The molecular weight excluding hydrogens is 319 g/mol. The van der Waals surface area contributed by atoms with E-state index in [1.54, 1.807) is 37.4 Å². The van der Waals surface area contributed by atoms with Gasteiger partial charge in [-0.2, -0.15) is 0 Å². The van der Waals surface area contributed by atoms with Gasteiger partial charge in [-0.25, -0.2) is 23.1 Å². The molecule has 0 atom stereocenters. The molecule has 3 aromatic rings. The maximum absolute atomic E-state index is 13.6. The number of benzene rings is 1. The van der Waals surface area contributed by atoms with E-state index < -0.39 is 23.2 Å². The summed E-state index contributed by atoms with van der Waals surface area (Å²) in [4.78, 5) is 12.7. The summed E-state index contributed by atoms with van der Waals surface area (Å²) in [6.07, 6.45) is 1.61. The Morgan fingerprint density at radius 3 is 2.42 bits per heavy atom. The van der Waals surface area contributed by atoms with Gasteiger partial charge in [-0.05, 0) is 25.1 Å². The minimum atomic E-state index is -1.11. The fourth-order valence-electron chi connectivity index (χ4n) is 2.13. The van der Waals surface area contributed by atoms with Gasteiger partial charge in [-0.15, -0.1) is 0 Å². The summed E-state index contributed by atoms with van der Waals surface area (Å²) in [5.74, 6) is -3.49. The predicted molar refractivity (Wildman–Crippen MR) is 80.6 cm³/mol. The summed E-state index contributed by atoms with van der Waals surface area (Å²) in [5, 5.41) is 0. The number of halogens is 3. The monoisotopic (exact) mass is 331 g/mol. The highest BCUT2D eigenvalue weighted by Crippen LogP contribution is 2.24. The molecule has 0 aliphatic rings. The van der Waals surface area contributed by atoms with Gasteiger partial charge in [0.05, 0.1) is 5.69 Å². The standard InChI is InChI=1S/C17H12F3N3O/c1-10-6-12(23-17(22-10)15-4-2-3-5-21-15)9-24-16-13(19)7-11(18)8-14(16)20/h2-8H,9H2,1H3. The lowest BCUT2D eigenvalue weighted by Gasteiger charge is -2.09. The van der Waals surface area contributed by atoms with Crippen molar-refractivity contribution in [2.45, 2.75) is 13.5 Å². The Kier molecular flexibility index (Phi) is 4.41. The topological polar surface area (TPSA) is 47.9 Å². The van der Waals surface area contributed by atoms with Crippen LogP contribution in [0.2, 0.25) is 0 Å². The largest absolute Gasteiger partial charge is 0.481 e. The van der Waals surface area contributed by atoms with Gasteiger partial charge in [-0.1, -0.05) is 6.07 Å². The zero-order chi connectivity index (χ0) is 17.1. The molecule has 3 rings (SSSR count). The van der Waals surface area contributed by atoms with E-state index in [2.05, 4.69) is 15.0 Å². The number of hydrogen-bond acceptors (Lipinski definition) is 4. The fraction of sp³-hybridized carbons (Fsp3) is 0.118. The third-order valence-electron chi connectivity index (χ3n) is 3.13. The van der Waals surface area contributed by atoms with Crippen LogP contribution < -0.4 is 4.74 Å². The molecule has 0 bridgehead atoms. The van der Waals surface area contributed by atoms with Gasteiger partial charge in [0.2, 0.25) is 0 Å². The summed E-state index contributed by atoms with van der Waals surface area (Å²) in [5.41, 5.74) is 1.65. The van der Waals surface area contributed by atoms with Crippen LogP contribution in [0.1, 0.15) is 11.4 Å². The molecule has 4 nitrogen and oxygen atoms in total. The van der Waals surface area contributed by atoms with E-state index in [0.717, 1.165) is 0 Å². The van der Waals surface area contributed by atoms with Gasteiger partial charge in [0, 0.05) is 24.0 Å². The normalized spacial score (nSPS) is 10.7. The number of nitrogens with zero attached hydrogens (tertiary/aromatic N) is 3. The van der Waals surface area contributed by atoms with Gasteiger partial charge in [0.15, 0.2) is 23.2 Å². The van der Waals surface area contributed by atoms with E-state index in [9.17, 15) is 13.2 Å². The molecule has 2 aromatic heterocycles. The molecule has 0 saturated heterocycles. The van der Waals surface area contributed by atoms with Crippen molar-refractivity contribution >= 4 is 0 Å². The molecule has 0 aliphatic heterocycles. The molecule has 0 fully saturated rings. The maximum atomic E-state index is 13.6. The van der Waals surface area contributed by atoms with E-state index in [4.69, 9.17) is 4.74 Å². The lowest BCUT2D eigenvalue weighted by molar-refractivity contribution is 0.268. The average Bonchev–Trinajstić information content (AvgIpc) is 2.54. The van der Waals surface area contributed by atoms with Crippen LogP contribution in [-0.4, -0.2) is 15.0 Å². The SMILES string of the molecule is Cc1cc(COc2c(F)cc(F)cc2F)nc(-c2ccccn2)n1. The first-order chi connectivity index (χ1) is 11.5. The Morgan fingerprint density at radius 1 is 1.00 bits per heavy atom. The molecule has 0 spiro atoms. The van der Waals surface area contributed by atoms with Gasteiger partial charge < -0.3 is 4.74 Å². The lowest BCUT2D eigenvalue weighted by atomic mass is 10.3. The van der Waals surface area contributed by atoms with Crippen molar-refractivity contribution in [1.29, 1.82) is 0 Å². The van der Waals surface area contributed by atoms with Crippen molar-refractivity contribution in [3.05, 3.63) is 71.4 Å². The van der Waals surface area contributed by atoms with Crippen LogP contribution in [0.5, 0.6) is 5.75 Å². The molecule has 0 unspecified atom stereocenters. The second kappa shape index (κ2) is 6.66. The Balaban J connectivity index is 1.85. The highest BCUT2D eigenvalue weighted by Gasteiger charge is 2.14. The molecule has 7 heteroatoms. The summed E-state index contributed by atoms with van der Waals surface area (Å²) >= 11 is 0. The van der Waals surface area contributed by atoms with Gasteiger partial charge >= 0.3 is 0 Å². The number of aromatic nitrogens is 3. The summed E-state index contributed by atoms with van der Waals surface area (Å²) in [6, 6.07) is 8.06. The third kappa shape index (κ3) is 3.51. The number of hydrogen-bond donors (Lipinski definition) is 0. The first-order valence-corrected chi connectivity index (χ1v) is 7.06. The highest BCUT2D eigenvalue weighted by molar-refractivity contribution is 5.48. The molecule has 0 amide bonds. The van der Waals surface area contributed by atoms with Crippen molar-refractivity contribution in [1.82, 2.24) is 15.0 Å². The molecular formula is C17H12F3N3O. The van der Waals surface area contributed by atoms with Crippen molar-refractivity contribution in [3.63, 3.8) is 0 Å². The van der Waals surface area contributed by atoms with E-state index in [0.29, 0.717) is 35.0 Å². The minimum absolute atomic E-state index is 0.192. The van der Waals surface area contributed by atoms with Crippen molar-refractivity contribution < 1.29 is 17.9 Å². The Bertz CT molecular complexity index is 849. The number of pyridine rings is 1. The quantitative estimate of drug-likeness (QED) is 0.729. The Labute approximate surface area is 136 Å². The molecule has 24 heavy (non-hydrogen) atoms. The average molecular weight is 331 g/mol. The van der Waals surface area contributed by atoms with Crippen LogP contribution >= 0.6 is 0 Å². The van der Waals surface area contributed by atoms with E-state index in [-0.39, 0.29) is 6.61 Å². The molecule has 0 saturated carbocycles. The molecule has 0 N–H and O–H groups in total. The second-order valence-corrected chi connectivity index (χ2v) is 5.03. The molecule has 0 radical (unpaired) electrons. The maximum Gasteiger partial charge on any atom is 0.191 e. The summed E-state index contributed by atoms with van der Waals surface area (Å²) in [7, 11) is 0. The van der Waals surface area contributed by atoms with E-state index in [1.807, 2.05) is 0 Å². The third-order valence-corrected chi connectivity index (χ3v) is 3.13. The smallest absolute Gasteiger partial charge is 0.191 e. The van der Waals surface area contributed by atoms with Gasteiger partial charge in [0.1, 0.15) is 18.1 Å². The first-order valence-electron chi connectivity index (χ1n) is 7.06. The van der Waals surface area contributed by atoms with E-state index in [1.165, 1.54) is 0 Å². The van der Waals surface area contributed by atoms with Crippen LogP contribution in [0.3, 0.4) is 0 Å². The second-order valence-electron chi connectivity index (χ2n) is 5.03. The van der Waals surface area contributed by atoms with Crippen LogP contribution in [0.25, 0.3) is 11.5 Å². The molecule has 2 heterocycles. The number of aryl methyl sites for hydroxylation is 1. The molecule has 122 valence electrons. The molecule has 0 aliphatic carbocycles. The van der Waals surface area contributed by atoms with Crippen LogP contribution in [0, 0.1) is 24.4 Å². The Morgan fingerprint density at radius 2 is 1.75 bits per heavy atom. The van der Waals surface area contributed by atoms with E-state index >= 15 is 0 Å². The lowest BCUT2D eigenvalue weighted by Crippen LogP contribution is -2.05. The van der Waals surface area contributed by atoms with Crippen molar-refractivity contribution in [3.8, 4) is 17.3 Å². The minimum Gasteiger partial charge on any atom is -0.481 e. The number of ether oxygens (including phenoxy) is 1. The summed E-state index contributed by atoms with van der Waals surface area (Å²) < 4.78 is 45.2. The Hall–Kier alpha value is -2.96. The zero-order valence-electron chi connectivity index (χ0n) is 12.6. The van der Waals surface area contributed by atoms with Crippen LogP contribution in [0.15, 0.2) is 42.6 Å². The molecule has 1 aromatic carbocycles. The van der Waals surface area contributed by atoms with Crippen LogP contribution in [0.4, 0.5) is 13.2 Å². The van der Waals surface area contributed by atoms with Crippen molar-refractivity contribution in [2.75, 3.05) is 0 Å². The first kappa shape index (κ1) is 15.9. The zero-order valence-corrected chi connectivity index (χ0v) is 12.6. The fourth-order valence-corrected chi connectivity index (χ4v) is 2.13. The van der Waals surface area contributed by atoms with Crippen molar-refractivity contribution in [2.24, 2.45) is 0 Å². The van der Waals surface area contributed by atoms with Crippen LogP contribution in [-0.2, 0) is 6.61 Å². The van der Waals surface area contributed by atoms with Gasteiger partial charge in [0.25, 0.3) is 0 Å². The van der Waals surface area contributed by atoms with Gasteiger partial charge in [-0.3, -0.25) is 4.98 Å². The summed E-state index contributed by atoms with van der Waals surface area (Å²) in [6.45, 7) is 1.57. The highest BCUT2D eigenvalue weighted by atomic mass is 19.1. The number of rotatable bonds is 4.